The molecule has 0 spiro atoms. The van der Waals surface area contributed by atoms with Crippen molar-refractivity contribution in [3.05, 3.63) is 42.5 Å². The number of fused-ring (bicyclic) bond motifs is 1. The van der Waals surface area contributed by atoms with E-state index in [1.807, 2.05) is 18.2 Å². The van der Waals surface area contributed by atoms with E-state index in [4.69, 9.17) is 0 Å². The quantitative estimate of drug-likeness (QED) is 0.657. The summed E-state index contributed by atoms with van der Waals surface area (Å²) < 4.78 is 4.58. The minimum absolute atomic E-state index is 0.0884. The summed E-state index contributed by atoms with van der Waals surface area (Å²) >= 11 is 1.48. The average Bonchev–Trinajstić information content (AvgIpc) is 2.52. The highest BCUT2D eigenvalue weighted by Crippen LogP contribution is 2.23. The zero-order valence-corrected chi connectivity index (χ0v) is 13.5. The van der Waals surface area contributed by atoms with Gasteiger partial charge in [-0.1, -0.05) is 30.3 Å². The molecule has 2 aromatic carbocycles. The number of thioether (sulfide) groups is 1. The highest BCUT2D eigenvalue weighted by Gasteiger charge is 2.12. The molecule has 5 heteroatoms. The summed E-state index contributed by atoms with van der Waals surface area (Å²) in [6, 6.07) is 14.0. The lowest BCUT2D eigenvalue weighted by Crippen LogP contribution is -2.35. The molecular weight excluding hydrogens is 298 g/mol. The minimum Gasteiger partial charge on any atom is -0.469 e. The van der Waals surface area contributed by atoms with E-state index in [9.17, 15) is 9.59 Å². The lowest BCUT2D eigenvalue weighted by Gasteiger charge is -2.12. The Bertz CT molecular complexity index is 672. The maximum Gasteiger partial charge on any atom is 0.307 e. The fraction of sp³-hybridized carbons (Fsp3) is 0.294. The Hall–Kier alpha value is -2.01. The molecule has 116 valence electrons. The number of amides is 1. The molecule has 0 saturated carbocycles. The second-order valence-electron chi connectivity index (χ2n) is 5.05. The van der Waals surface area contributed by atoms with Crippen LogP contribution in [0.15, 0.2) is 47.4 Å². The standard InChI is InChI=1S/C17H19NO3S/c1-12(9-17(20)21-2)18-16(19)11-22-15-8-7-13-5-3-4-6-14(13)10-15/h3-8,10,12H,9,11H2,1-2H3,(H,18,19). The molecular formula is C17H19NO3S. The molecule has 0 aromatic heterocycles. The predicted octanol–water partition coefficient (Wildman–Crippen LogP) is 3.00. The molecule has 0 aliphatic rings. The molecule has 2 rings (SSSR count). The Morgan fingerprint density at radius 2 is 1.91 bits per heavy atom. The van der Waals surface area contributed by atoms with E-state index in [1.165, 1.54) is 24.3 Å². The van der Waals surface area contributed by atoms with E-state index in [0.29, 0.717) is 5.75 Å². The van der Waals surface area contributed by atoms with Crippen molar-refractivity contribution >= 4 is 34.4 Å². The van der Waals surface area contributed by atoms with Crippen LogP contribution in [0.1, 0.15) is 13.3 Å². The number of carbonyl (C=O) groups is 2. The fourth-order valence-electron chi connectivity index (χ4n) is 2.11. The van der Waals surface area contributed by atoms with Gasteiger partial charge in [-0.15, -0.1) is 11.8 Å². The zero-order valence-electron chi connectivity index (χ0n) is 12.7. The normalized spacial score (nSPS) is 11.9. The Morgan fingerprint density at radius 3 is 2.64 bits per heavy atom. The van der Waals surface area contributed by atoms with Gasteiger partial charge in [-0.25, -0.2) is 0 Å². The summed E-state index contributed by atoms with van der Waals surface area (Å²) in [4.78, 5) is 24.1. The Balaban J connectivity index is 1.85. The summed E-state index contributed by atoms with van der Waals surface area (Å²) in [5.41, 5.74) is 0. The van der Waals surface area contributed by atoms with E-state index < -0.39 is 0 Å². The maximum absolute atomic E-state index is 11.9. The lowest BCUT2D eigenvalue weighted by atomic mass is 10.1. The SMILES string of the molecule is COC(=O)CC(C)NC(=O)CSc1ccc2ccccc2c1. The molecule has 0 bridgehead atoms. The highest BCUT2D eigenvalue weighted by atomic mass is 32.2. The largest absolute Gasteiger partial charge is 0.469 e. The van der Waals surface area contributed by atoms with Crippen molar-refractivity contribution in [3.63, 3.8) is 0 Å². The molecule has 1 atom stereocenters. The summed E-state index contributed by atoms with van der Waals surface area (Å²) in [5, 5.41) is 5.13. The van der Waals surface area contributed by atoms with Crippen LogP contribution < -0.4 is 5.32 Å². The van der Waals surface area contributed by atoms with Crippen molar-refractivity contribution in [2.24, 2.45) is 0 Å². The van der Waals surface area contributed by atoms with Crippen LogP contribution in [0, 0.1) is 0 Å². The van der Waals surface area contributed by atoms with E-state index in [1.54, 1.807) is 6.92 Å². The summed E-state index contributed by atoms with van der Waals surface area (Å²) in [5.74, 6) is -0.0892. The van der Waals surface area contributed by atoms with E-state index >= 15 is 0 Å². The van der Waals surface area contributed by atoms with E-state index in [2.05, 4.69) is 34.3 Å². The third kappa shape index (κ3) is 4.77. The Labute approximate surface area is 134 Å². The second-order valence-corrected chi connectivity index (χ2v) is 6.10. The van der Waals surface area contributed by atoms with Crippen LogP contribution in [0.2, 0.25) is 0 Å². The van der Waals surface area contributed by atoms with Gasteiger partial charge in [0.15, 0.2) is 0 Å². The van der Waals surface area contributed by atoms with Gasteiger partial charge < -0.3 is 10.1 Å². The van der Waals surface area contributed by atoms with Crippen LogP contribution in [0.25, 0.3) is 10.8 Å². The first kappa shape index (κ1) is 16.4. The minimum atomic E-state index is -0.324. The number of methoxy groups -OCH3 is 1. The molecule has 0 saturated heterocycles. The van der Waals surface area contributed by atoms with Gasteiger partial charge in [0.05, 0.1) is 19.3 Å². The number of nitrogens with one attached hydrogen (secondary N) is 1. The van der Waals surface area contributed by atoms with Gasteiger partial charge in [-0.05, 0) is 29.8 Å². The van der Waals surface area contributed by atoms with Crippen LogP contribution in [-0.2, 0) is 14.3 Å². The number of carbonyl (C=O) groups excluding carboxylic acids is 2. The first-order valence-electron chi connectivity index (χ1n) is 7.06. The van der Waals surface area contributed by atoms with Crippen molar-refractivity contribution in [3.8, 4) is 0 Å². The molecule has 1 unspecified atom stereocenters. The molecule has 0 aliphatic carbocycles. The van der Waals surface area contributed by atoms with Gasteiger partial charge in [0.2, 0.25) is 5.91 Å². The topological polar surface area (TPSA) is 55.4 Å². The van der Waals surface area contributed by atoms with Crippen LogP contribution in [0.3, 0.4) is 0 Å². The highest BCUT2D eigenvalue weighted by molar-refractivity contribution is 8.00. The third-order valence-corrected chi connectivity index (χ3v) is 4.19. The molecule has 4 nitrogen and oxygen atoms in total. The second kappa shape index (κ2) is 7.84. The Morgan fingerprint density at radius 1 is 1.18 bits per heavy atom. The fourth-order valence-corrected chi connectivity index (χ4v) is 2.86. The molecule has 0 aliphatic heterocycles. The molecule has 0 radical (unpaired) electrons. The van der Waals surface area contributed by atoms with Crippen LogP contribution in [0.4, 0.5) is 0 Å². The number of esters is 1. The van der Waals surface area contributed by atoms with Gasteiger partial charge in [0.1, 0.15) is 0 Å². The zero-order chi connectivity index (χ0) is 15.9. The maximum atomic E-state index is 11.9. The van der Waals surface area contributed by atoms with Crippen molar-refractivity contribution in [2.45, 2.75) is 24.3 Å². The van der Waals surface area contributed by atoms with Crippen LogP contribution >= 0.6 is 11.8 Å². The number of hydrogen-bond donors (Lipinski definition) is 1. The first-order chi connectivity index (χ1) is 10.6. The van der Waals surface area contributed by atoms with E-state index in [0.717, 1.165) is 10.3 Å². The lowest BCUT2D eigenvalue weighted by molar-refractivity contribution is -0.141. The number of rotatable bonds is 6. The molecule has 1 amide bonds. The number of hydrogen-bond acceptors (Lipinski definition) is 4. The van der Waals surface area contributed by atoms with Crippen LogP contribution in [0.5, 0.6) is 0 Å². The van der Waals surface area contributed by atoms with Gasteiger partial charge in [-0.2, -0.15) is 0 Å². The summed E-state index contributed by atoms with van der Waals surface area (Å²) in [6.45, 7) is 1.79. The number of ether oxygens (including phenoxy) is 1. The van der Waals surface area contributed by atoms with Crippen molar-refractivity contribution in [2.75, 3.05) is 12.9 Å². The van der Waals surface area contributed by atoms with E-state index in [-0.39, 0.29) is 24.3 Å². The molecule has 2 aromatic rings. The van der Waals surface area contributed by atoms with Gasteiger partial charge in [-0.3, -0.25) is 9.59 Å². The molecule has 0 heterocycles. The Kier molecular flexibility index (Phi) is 5.83. The molecule has 1 N–H and O–H groups in total. The average molecular weight is 317 g/mol. The monoisotopic (exact) mass is 317 g/mol. The van der Waals surface area contributed by atoms with Crippen molar-refractivity contribution < 1.29 is 14.3 Å². The predicted molar refractivity (Wildman–Crippen MR) is 88.9 cm³/mol. The summed E-state index contributed by atoms with van der Waals surface area (Å²) in [6.07, 6.45) is 0.183. The first-order valence-corrected chi connectivity index (χ1v) is 8.05. The third-order valence-electron chi connectivity index (χ3n) is 3.20. The summed E-state index contributed by atoms with van der Waals surface area (Å²) in [7, 11) is 1.34. The number of benzene rings is 2. The van der Waals surface area contributed by atoms with Crippen molar-refractivity contribution in [1.29, 1.82) is 0 Å². The van der Waals surface area contributed by atoms with Gasteiger partial charge in [0.25, 0.3) is 0 Å². The van der Waals surface area contributed by atoms with Crippen LogP contribution in [-0.4, -0.2) is 30.8 Å². The molecule has 0 fully saturated rings. The van der Waals surface area contributed by atoms with Gasteiger partial charge >= 0.3 is 5.97 Å². The van der Waals surface area contributed by atoms with Gasteiger partial charge in [0, 0.05) is 10.9 Å². The van der Waals surface area contributed by atoms with Crippen molar-refractivity contribution in [1.82, 2.24) is 5.32 Å². The molecule has 22 heavy (non-hydrogen) atoms. The smallest absolute Gasteiger partial charge is 0.307 e.